The number of nitrogens with zero attached hydrogens (tertiary/aromatic N) is 4. The lowest BCUT2D eigenvalue weighted by atomic mass is 10.2. The van der Waals surface area contributed by atoms with Gasteiger partial charge in [-0.25, -0.2) is 0 Å². The molecule has 0 atom stereocenters. The Labute approximate surface area is 125 Å². The summed E-state index contributed by atoms with van der Waals surface area (Å²) in [6.45, 7) is 1.84. The largest absolute Gasteiger partial charge is 0.482 e. The van der Waals surface area contributed by atoms with Gasteiger partial charge in [0.2, 0.25) is 0 Å². The van der Waals surface area contributed by atoms with Gasteiger partial charge in [0.1, 0.15) is 11.8 Å². The van der Waals surface area contributed by atoms with Crippen LogP contribution in [0.4, 0.5) is 5.69 Å². The zero-order chi connectivity index (χ0) is 15.6. The topological polar surface area (TPSA) is 94.0 Å². The predicted molar refractivity (Wildman–Crippen MR) is 75.1 cm³/mol. The molecule has 0 spiro atoms. The zero-order valence-electron chi connectivity index (χ0n) is 11.3. The summed E-state index contributed by atoms with van der Waals surface area (Å²) < 4.78 is 6.97. The van der Waals surface area contributed by atoms with Crippen molar-refractivity contribution in [3.05, 3.63) is 50.3 Å². The highest BCUT2D eigenvalue weighted by Gasteiger charge is 2.18. The Morgan fingerprint density at radius 3 is 2.81 bits per heavy atom. The van der Waals surface area contributed by atoms with E-state index in [4.69, 9.17) is 21.6 Å². The molecule has 1 heterocycles. The minimum absolute atomic E-state index is 0.0608. The van der Waals surface area contributed by atoms with Gasteiger partial charge in [-0.2, -0.15) is 10.4 Å². The van der Waals surface area contributed by atoms with E-state index in [9.17, 15) is 10.1 Å². The Morgan fingerprint density at radius 2 is 2.29 bits per heavy atom. The molecule has 1 aromatic heterocycles. The van der Waals surface area contributed by atoms with E-state index in [1.807, 2.05) is 6.07 Å². The van der Waals surface area contributed by atoms with Crippen LogP contribution >= 0.6 is 11.6 Å². The molecule has 0 fully saturated rings. The number of benzene rings is 1. The van der Waals surface area contributed by atoms with Crippen molar-refractivity contribution in [3.63, 3.8) is 0 Å². The number of nitro groups is 1. The first-order valence-electron chi connectivity index (χ1n) is 5.93. The Bertz CT molecular complexity index is 749. The number of rotatable bonds is 4. The molecule has 8 heteroatoms. The number of nitriles is 1. The number of nitro benzene ring substituents is 1. The van der Waals surface area contributed by atoms with E-state index in [-0.39, 0.29) is 23.6 Å². The number of ether oxygens (including phenoxy) is 1. The highest BCUT2D eigenvalue weighted by atomic mass is 35.5. The van der Waals surface area contributed by atoms with Crippen LogP contribution in [0.3, 0.4) is 0 Å². The number of aromatic nitrogens is 2. The molecule has 0 aliphatic carbocycles. The maximum Gasteiger partial charge on any atom is 0.312 e. The smallest absolute Gasteiger partial charge is 0.312 e. The molecule has 0 amide bonds. The van der Waals surface area contributed by atoms with E-state index in [1.54, 1.807) is 14.0 Å². The highest BCUT2D eigenvalue weighted by molar-refractivity contribution is 6.30. The van der Waals surface area contributed by atoms with E-state index < -0.39 is 4.92 Å². The van der Waals surface area contributed by atoms with Crippen molar-refractivity contribution in [3.8, 4) is 11.8 Å². The van der Waals surface area contributed by atoms with Crippen molar-refractivity contribution in [1.29, 1.82) is 5.26 Å². The van der Waals surface area contributed by atoms with Gasteiger partial charge in [-0.1, -0.05) is 11.6 Å². The first-order valence-corrected chi connectivity index (χ1v) is 6.31. The number of hydrogen-bond donors (Lipinski definition) is 0. The van der Waals surface area contributed by atoms with Crippen molar-refractivity contribution in [1.82, 2.24) is 9.78 Å². The first kappa shape index (κ1) is 14.8. The van der Waals surface area contributed by atoms with Gasteiger partial charge in [0.05, 0.1) is 22.2 Å². The maximum atomic E-state index is 11.0. The van der Waals surface area contributed by atoms with Crippen LogP contribution in [0.1, 0.15) is 16.8 Å². The Balaban J connectivity index is 2.28. The molecule has 7 nitrogen and oxygen atoms in total. The number of hydrogen-bond acceptors (Lipinski definition) is 5. The summed E-state index contributed by atoms with van der Waals surface area (Å²) in [6, 6.07) is 5.88. The first-order chi connectivity index (χ1) is 9.93. The molecule has 108 valence electrons. The fourth-order valence-corrected chi connectivity index (χ4v) is 2.07. The molecular formula is C13H11ClN4O3. The van der Waals surface area contributed by atoms with Crippen LogP contribution in [-0.2, 0) is 13.7 Å². The van der Waals surface area contributed by atoms with E-state index in [1.165, 1.54) is 22.9 Å². The van der Waals surface area contributed by atoms with Gasteiger partial charge >= 0.3 is 5.69 Å². The van der Waals surface area contributed by atoms with Crippen molar-refractivity contribution >= 4 is 17.3 Å². The van der Waals surface area contributed by atoms with E-state index in [0.717, 1.165) is 0 Å². The third-order valence-corrected chi connectivity index (χ3v) is 3.40. The summed E-state index contributed by atoms with van der Waals surface area (Å²) in [4.78, 5) is 10.4. The molecule has 0 N–H and O–H groups in total. The molecule has 2 aromatic rings. The summed E-state index contributed by atoms with van der Waals surface area (Å²) in [7, 11) is 1.70. The SMILES string of the molecule is Cc1nn(C)c(Cl)c1COc1ccc(C#N)cc1[N+](=O)[O-]. The van der Waals surface area contributed by atoms with Gasteiger partial charge in [0.15, 0.2) is 5.75 Å². The summed E-state index contributed by atoms with van der Waals surface area (Å²) in [6.07, 6.45) is 0. The summed E-state index contributed by atoms with van der Waals surface area (Å²) in [5.74, 6) is 0.0818. The fraction of sp³-hybridized carbons (Fsp3) is 0.231. The normalized spacial score (nSPS) is 10.2. The molecule has 0 bridgehead atoms. The van der Waals surface area contributed by atoms with E-state index >= 15 is 0 Å². The minimum Gasteiger partial charge on any atom is -0.482 e. The van der Waals surface area contributed by atoms with E-state index in [2.05, 4.69) is 5.10 Å². The van der Waals surface area contributed by atoms with Crippen LogP contribution in [0, 0.1) is 28.4 Å². The molecular weight excluding hydrogens is 296 g/mol. The van der Waals surface area contributed by atoms with Crippen molar-refractivity contribution in [2.24, 2.45) is 7.05 Å². The van der Waals surface area contributed by atoms with Crippen LogP contribution in [0.5, 0.6) is 5.75 Å². The van der Waals surface area contributed by atoms with Gasteiger partial charge < -0.3 is 4.74 Å². The Hall–Kier alpha value is -2.59. The van der Waals surface area contributed by atoms with Crippen LogP contribution in [0.15, 0.2) is 18.2 Å². The monoisotopic (exact) mass is 306 g/mol. The number of halogens is 1. The van der Waals surface area contributed by atoms with Crippen molar-refractivity contribution < 1.29 is 9.66 Å². The van der Waals surface area contributed by atoms with E-state index in [0.29, 0.717) is 16.4 Å². The molecule has 0 aliphatic heterocycles. The van der Waals surface area contributed by atoms with Crippen LogP contribution in [0.2, 0.25) is 5.15 Å². The van der Waals surface area contributed by atoms with Gasteiger partial charge in [-0.15, -0.1) is 0 Å². The minimum atomic E-state index is -0.589. The van der Waals surface area contributed by atoms with Crippen LogP contribution in [-0.4, -0.2) is 14.7 Å². The van der Waals surface area contributed by atoms with Gasteiger partial charge in [0, 0.05) is 18.7 Å². The average Bonchev–Trinajstić information content (AvgIpc) is 2.70. The molecule has 0 unspecified atom stereocenters. The second-order valence-electron chi connectivity index (χ2n) is 4.32. The van der Waals surface area contributed by atoms with Gasteiger partial charge in [0.25, 0.3) is 0 Å². The third-order valence-electron chi connectivity index (χ3n) is 2.93. The predicted octanol–water partition coefficient (Wildman–Crippen LogP) is 2.74. The van der Waals surface area contributed by atoms with Gasteiger partial charge in [-0.05, 0) is 19.1 Å². The second kappa shape index (κ2) is 5.81. The molecule has 1 aromatic carbocycles. The molecule has 21 heavy (non-hydrogen) atoms. The lowest BCUT2D eigenvalue weighted by Gasteiger charge is -2.07. The quantitative estimate of drug-likeness (QED) is 0.639. The molecule has 2 rings (SSSR count). The lowest BCUT2D eigenvalue weighted by molar-refractivity contribution is -0.386. The summed E-state index contributed by atoms with van der Waals surface area (Å²) >= 11 is 6.07. The van der Waals surface area contributed by atoms with Crippen molar-refractivity contribution in [2.75, 3.05) is 0 Å². The average molecular weight is 307 g/mol. The molecule has 0 saturated heterocycles. The van der Waals surface area contributed by atoms with Crippen LogP contribution < -0.4 is 4.74 Å². The summed E-state index contributed by atoms with van der Waals surface area (Å²) in [5, 5.41) is 24.3. The second-order valence-corrected chi connectivity index (χ2v) is 4.68. The Kier molecular flexibility index (Phi) is 4.10. The lowest BCUT2D eigenvalue weighted by Crippen LogP contribution is -2.00. The highest BCUT2D eigenvalue weighted by Crippen LogP contribution is 2.29. The molecule has 0 radical (unpaired) electrons. The zero-order valence-corrected chi connectivity index (χ0v) is 12.1. The standard InChI is InChI=1S/C13H11ClN4O3/c1-8-10(13(14)17(2)16-8)7-21-12-4-3-9(6-15)5-11(12)18(19)20/h3-5H,7H2,1-2H3. The maximum absolute atomic E-state index is 11.0. The summed E-state index contributed by atoms with van der Waals surface area (Å²) in [5.41, 5.74) is 1.30. The Morgan fingerprint density at radius 1 is 1.57 bits per heavy atom. The van der Waals surface area contributed by atoms with Crippen molar-refractivity contribution in [2.45, 2.75) is 13.5 Å². The van der Waals surface area contributed by atoms with Crippen LogP contribution in [0.25, 0.3) is 0 Å². The third kappa shape index (κ3) is 2.95. The number of aryl methyl sites for hydroxylation is 2. The fourth-order valence-electron chi connectivity index (χ4n) is 1.84. The molecule has 0 saturated carbocycles. The molecule has 0 aliphatic rings. The van der Waals surface area contributed by atoms with Gasteiger partial charge in [-0.3, -0.25) is 14.8 Å².